The van der Waals surface area contributed by atoms with Crippen molar-refractivity contribution < 1.29 is 4.74 Å². The third kappa shape index (κ3) is 1.66. The van der Waals surface area contributed by atoms with Crippen LogP contribution in [-0.4, -0.2) is 12.1 Å². The number of nitrogens with one attached hydrogen (secondary N) is 1. The van der Waals surface area contributed by atoms with Gasteiger partial charge in [0, 0.05) is 0 Å². The van der Waals surface area contributed by atoms with Crippen LogP contribution in [0.4, 0.5) is 5.69 Å². The van der Waals surface area contributed by atoms with Gasteiger partial charge in [0.1, 0.15) is 11.9 Å². The van der Waals surface area contributed by atoms with Crippen molar-refractivity contribution in [2.24, 2.45) is 0 Å². The molecular weight excluding hydrogens is 198 g/mol. The molecule has 0 aromatic heterocycles. The Balaban J connectivity index is 1.92. The molecule has 1 heterocycles. The first-order valence-electron chi connectivity index (χ1n) is 6.37. The van der Waals surface area contributed by atoms with Crippen LogP contribution in [0.25, 0.3) is 0 Å². The van der Waals surface area contributed by atoms with Crippen molar-refractivity contribution in [3.8, 4) is 5.75 Å². The highest BCUT2D eigenvalue weighted by Gasteiger charge is 2.30. The molecule has 1 aromatic rings. The van der Waals surface area contributed by atoms with Gasteiger partial charge in [-0.25, -0.2) is 0 Å². The second-order valence-corrected chi connectivity index (χ2v) is 4.99. The lowest BCUT2D eigenvalue weighted by molar-refractivity contribution is 0.160. The molecule has 1 fully saturated rings. The topological polar surface area (TPSA) is 21.3 Å². The van der Waals surface area contributed by atoms with Crippen molar-refractivity contribution in [3.05, 3.63) is 23.8 Å². The van der Waals surface area contributed by atoms with E-state index in [9.17, 15) is 0 Å². The van der Waals surface area contributed by atoms with E-state index < -0.39 is 0 Å². The van der Waals surface area contributed by atoms with Crippen LogP contribution in [-0.2, 0) is 0 Å². The van der Waals surface area contributed by atoms with Crippen molar-refractivity contribution in [1.82, 2.24) is 0 Å². The van der Waals surface area contributed by atoms with Crippen LogP contribution in [0.5, 0.6) is 5.75 Å². The quantitative estimate of drug-likeness (QED) is 0.718. The zero-order valence-corrected chi connectivity index (χ0v) is 9.83. The van der Waals surface area contributed by atoms with E-state index in [1.165, 1.54) is 43.4 Å². The summed E-state index contributed by atoms with van der Waals surface area (Å²) in [6.07, 6.45) is 6.83. The summed E-state index contributed by atoms with van der Waals surface area (Å²) in [5, 5.41) is 3.68. The standard InChI is InChI=1S/C14H19NO/c1-10-6-5-9-13-14(10)15-11-7-3-2-4-8-12(11)16-13/h5-6,9,11-12,15H,2-4,7-8H2,1H3. The van der Waals surface area contributed by atoms with Crippen LogP contribution in [0.1, 0.15) is 37.7 Å². The van der Waals surface area contributed by atoms with Gasteiger partial charge in [0.05, 0.1) is 11.7 Å². The molecule has 0 radical (unpaired) electrons. The molecule has 2 nitrogen and oxygen atoms in total. The molecule has 86 valence electrons. The molecule has 2 unspecified atom stereocenters. The SMILES string of the molecule is Cc1cccc2c1NC1CCCCCC1O2. The second-order valence-electron chi connectivity index (χ2n) is 4.99. The number of hydrogen-bond donors (Lipinski definition) is 1. The summed E-state index contributed by atoms with van der Waals surface area (Å²) in [6, 6.07) is 6.83. The Morgan fingerprint density at radius 1 is 1.19 bits per heavy atom. The van der Waals surface area contributed by atoms with Crippen LogP contribution in [0.2, 0.25) is 0 Å². The lowest BCUT2D eigenvalue weighted by Crippen LogP contribution is -2.40. The highest BCUT2D eigenvalue weighted by molar-refractivity contribution is 5.63. The van der Waals surface area contributed by atoms with Gasteiger partial charge in [-0.15, -0.1) is 0 Å². The average molecular weight is 217 g/mol. The monoisotopic (exact) mass is 217 g/mol. The Hall–Kier alpha value is -1.18. The minimum absolute atomic E-state index is 0.386. The maximum Gasteiger partial charge on any atom is 0.143 e. The predicted octanol–water partition coefficient (Wildman–Crippen LogP) is 3.50. The lowest BCUT2D eigenvalue weighted by atomic mass is 10.0. The molecule has 1 aromatic carbocycles. The fraction of sp³-hybridized carbons (Fsp3) is 0.571. The molecule has 0 spiro atoms. The summed E-state index contributed by atoms with van der Waals surface area (Å²) in [6.45, 7) is 2.15. The summed E-state index contributed by atoms with van der Waals surface area (Å²) >= 11 is 0. The van der Waals surface area contributed by atoms with E-state index >= 15 is 0 Å². The number of anilines is 1. The van der Waals surface area contributed by atoms with Gasteiger partial charge in [0.2, 0.25) is 0 Å². The molecule has 1 saturated carbocycles. The highest BCUT2D eigenvalue weighted by atomic mass is 16.5. The van der Waals surface area contributed by atoms with E-state index in [1.54, 1.807) is 0 Å². The van der Waals surface area contributed by atoms with E-state index in [0.717, 1.165) is 5.75 Å². The smallest absolute Gasteiger partial charge is 0.143 e. The van der Waals surface area contributed by atoms with Crippen LogP contribution in [0.3, 0.4) is 0 Å². The molecule has 2 heteroatoms. The zero-order valence-electron chi connectivity index (χ0n) is 9.83. The van der Waals surface area contributed by atoms with E-state index in [4.69, 9.17) is 4.74 Å². The second kappa shape index (κ2) is 4.00. The summed E-state index contributed by atoms with van der Waals surface area (Å²) < 4.78 is 6.13. The summed E-state index contributed by atoms with van der Waals surface area (Å²) in [4.78, 5) is 0. The van der Waals surface area contributed by atoms with Gasteiger partial charge in [-0.05, 0) is 37.8 Å². The molecule has 3 rings (SSSR count). The molecule has 0 saturated heterocycles. The van der Waals surface area contributed by atoms with Crippen molar-refractivity contribution in [2.45, 2.75) is 51.2 Å². The third-order valence-corrected chi connectivity index (χ3v) is 3.80. The highest BCUT2D eigenvalue weighted by Crippen LogP contribution is 2.37. The predicted molar refractivity (Wildman–Crippen MR) is 66.1 cm³/mol. The first-order valence-corrected chi connectivity index (χ1v) is 6.37. The number of para-hydroxylation sites is 1. The number of ether oxygens (including phenoxy) is 1. The van der Waals surface area contributed by atoms with Crippen LogP contribution in [0.15, 0.2) is 18.2 Å². The summed E-state index contributed by atoms with van der Waals surface area (Å²) in [5.74, 6) is 1.04. The summed E-state index contributed by atoms with van der Waals surface area (Å²) in [5.41, 5.74) is 2.51. The van der Waals surface area contributed by atoms with Crippen molar-refractivity contribution in [3.63, 3.8) is 0 Å². The molecule has 1 aliphatic carbocycles. The van der Waals surface area contributed by atoms with Crippen molar-refractivity contribution in [2.75, 3.05) is 5.32 Å². The van der Waals surface area contributed by atoms with Gasteiger partial charge in [-0.3, -0.25) is 0 Å². The normalized spacial score (nSPS) is 28.1. The molecule has 16 heavy (non-hydrogen) atoms. The van der Waals surface area contributed by atoms with E-state index in [-0.39, 0.29) is 0 Å². The Labute approximate surface area is 97.0 Å². The molecule has 2 atom stereocenters. The Bertz CT molecular complexity index is 388. The fourth-order valence-corrected chi connectivity index (χ4v) is 2.85. The largest absolute Gasteiger partial charge is 0.486 e. The molecule has 1 N–H and O–H groups in total. The van der Waals surface area contributed by atoms with Crippen LogP contribution in [0, 0.1) is 6.92 Å². The van der Waals surface area contributed by atoms with E-state index in [0.29, 0.717) is 12.1 Å². The molecule has 2 aliphatic rings. The number of hydrogen-bond acceptors (Lipinski definition) is 2. The maximum atomic E-state index is 6.13. The van der Waals surface area contributed by atoms with Gasteiger partial charge in [0.25, 0.3) is 0 Å². The average Bonchev–Trinajstić information content (AvgIpc) is 2.52. The Morgan fingerprint density at radius 3 is 3.00 bits per heavy atom. The number of benzene rings is 1. The van der Waals surface area contributed by atoms with Gasteiger partial charge in [-0.1, -0.05) is 25.0 Å². The number of fused-ring (bicyclic) bond motifs is 2. The van der Waals surface area contributed by atoms with Gasteiger partial charge in [-0.2, -0.15) is 0 Å². The lowest BCUT2D eigenvalue weighted by Gasteiger charge is -2.34. The third-order valence-electron chi connectivity index (χ3n) is 3.80. The molecule has 0 amide bonds. The van der Waals surface area contributed by atoms with Gasteiger partial charge < -0.3 is 10.1 Å². The minimum Gasteiger partial charge on any atom is -0.486 e. The minimum atomic E-state index is 0.386. The first-order chi connectivity index (χ1) is 7.84. The Morgan fingerprint density at radius 2 is 2.06 bits per heavy atom. The summed E-state index contributed by atoms with van der Waals surface area (Å²) in [7, 11) is 0. The zero-order chi connectivity index (χ0) is 11.0. The first kappa shape index (κ1) is 10.0. The van der Waals surface area contributed by atoms with Gasteiger partial charge >= 0.3 is 0 Å². The van der Waals surface area contributed by atoms with Gasteiger partial charge in [0.15, 0.2) is 0 Å². The van der Waals surface area contributed by atoms with E-state index in [1.807, 2.05) is 0 Å². The maximum absolute atomic E-state index is 6.13. The number of rotatable bonds is 0. The fourth-order valence-electron chi connectivity index (χ4n) is 2.85. The van der Waals surface area contributed by atoms with E-state index in [2.05, 4.69) is 30.4 Å². The van der Waals surface area contributed by atoms with Crippen LogP contribution < -0.4 is 10.1 Å². The van der Waals surface area contributed by atoms with Crippen molar-refractivity contribution >= 4 is 5.69 Å². The van der Waals surface area contributed by atoms with Crippen LogP contribution >= 0.6 is 0 Å². The Kier molecular flexibility index (Phi) is 2.50. The molecule has 1 aliphatic heterocycles. The van der Waals surface area contributed by atoms with Crippen molar-refractivity contribution in [1.29, 1.82) is 0 Å². The number of aryl methyl sites for hydroxylation is 1. The molecule has 0 bridgehead atoms. The molecular formula is C14H19NO.